The molecule has 0 bridgehead atoms. The lowest BCUT2D eigenvalue weighted by Gasteiger charge is -2.24. The number of rotatable bonds is 6. The molecule has 1 saturated heterocycles. The molecule has 18 heavy (non-hydrogen) atoms. The average molecular weight is 273 g/mol. The fraction of sp³-hybridized carbons (Fsp3) is 1.00. The largest absolute Gasteiger partial charge is 0.370 e. The highest BCUT2D eigenvalue weighted by molar-refractivity contribution is 7.84. The van der Waals surface area contributed by atoms with Crippen LogP contribution in [0.1, 0.15) is 51.9 Å². The van der Waals surface area contributed by atoms with Gasteiger partial charge in [-0.2, -0.15) is 0 Å². The summed E-state index contributed by atoms with van der Waals surface area (Å²) in [7, 11) is -0.694. The van der Waals surface area contributed by atoms with E-state index in [2.05, 4.69) is 12.2 Å². The Labute approximate surface area is 114 Å². The lowest BCUT2D eigenvalue weighted by atomic mass is 9.98. The first-order valence-corrected chi connectivity index (χ1v) is 8.94. The Kier molecular flexibility index (Phi) is 5.22. The maximum Gasteiger partial charge on any atom is 0.0708 e. The molecule has 1 spiro atoms. The molecule has 2 fully saturated rings. The molecule has 4 heteroatoms. The normalized spacial score (nSPS) is 29.8. The third kappa shape index (κ3) is 3.78. The second-order valence-electron chi connectivity index (χ2n) is 5.97. The van der Waals surface area contributed by atoms with Crippen LogP contribution >= 0.6 is 0 Å². The van der Waals surface area contributed by atoms with E-state index in [0.717, 1.165) is 19.5 Å². The molecule has 1 N–H and O–H groups in total. The van der Waals surface area contributed by atoms with Crippen LogP contribution in [0.5, 0.6) is 0 Å². The molecule has 3 atom stereocenters. The van der Waals surface area contributed by atoms with Gasteiger partial charge in [-0.15, -0.1) is 0 Å². The van der Waals surface area contributed by atoms with Crippen LogP contribution in [0.15, 0.2) is 0 Å². The van der Waals surface area contributed by atoms with Gasteiger partial charge >= 0.3 is 0 Å². The summed E-state index contributed by atoms with van der Waals surface area (Å²) in [4.78, 5) is 0. The molecule has 0 aromatic carbocycles. The van der Waals surface area contributed by atoms with Gasteiger partial charge in [-0.25, -0.2) is 0 Å². The van der Waals surface area contributed by atoms with Crippen LogP contribution in [0.3, 0.4) is 0 Å². The van der Waals surface area contributed by atoms with Gasteiger partial charge in [0.05, 0.1) is 11.7 Å². The third-order valence-electron chi connectivity index (χ3n) is 4.52. The highest BCUT2D eigenvalue weighted by atomic mass is 32.2. The minimum absolute atomic E-state index is 0.255. The van der Waals surface area contributed by atoms with E-state index in [0.29, 0.717) is 11.4 Å². The molecule has 3 nitrogen and oxygen atoms in total. The Hall–Kier alpha value is 0.0700. The van der Waals surface area contributed by atoms with Crippen molar-refractivity contribution in [2.75, 3.05) is 19.3 Å². The summed E-state index contributed by atoms with van der Waals surface area (Å²) >= 11 is 0. The third-order valence-corrected chi connectivity index (χ3v) is 5.89. The lowest BCUT2D eigenvalue weighted by molar-refractivity contribution is -0.0350. The maximum atomic E-state index is 11.2. The fourth-order valence-corrected chi connectivity index (χ4v) is 3.61. The van der Waals surface area contributed by atoms with Crippen LogP contribution in [0, 0.1) is 0 Å². The first kappa shape index (κ1) is 14.5. The van der Waals surface area contributed by atoms with Crippen molar-refractivity contribution in [3.63, 3.8) is 0 Å². The Balaban J connectivity index is 1.59. The molecule has 1 heterocycles. The highest BCUT2D eigenvalue weighted by Gasteiger charge is 2.41. The Bertz CT molecular complexity index is 290. The molecule has 106 valence electrons. The van der Waals surface area contributed by atoms with Crippen molar-refractivity contribution in [1.29, 1.82) is 0 Å². The van der Waals surface area contributed by atoms with Crippen LogP contribution in [-0.4, -0.2) is 40.5 Å². The quantitative estimate of drug-likeness (QED) is 0.754. The van der Waals surface area contributed by atoms with Crippen molar-refractivity contribution in [3.8, 4) is 0 Å². The summed E-state index contributed by atoms with van der Waals surface area (Å²) in [6, 6.07) is 0. The number of hydrogen-bond acceptors (Lipinski definition) is 3. The van der Waals surface area contributed by atoms with E-state index >= 15 is 0 Å². The highest BCUT2D eigenvalue weighted by Crippen LogP contribution is 2.43. The van der Waals surface area contributed by atoms with E-state index in [-0.39, 0.29) is 5.60 Å². The molecule has 0 aromatic heterocycles. The number of hydrogen-bond donors (Lipinski definition) is 1. The number of nitrogens with one attached hydrogen (secondary N) is 1. The average Bonchev–Trinajstić information content (AvgIpc) is 2.95. The second-order valence-corrected chi connectivity index (χ2v) is 7.77. The SMILES string of the molecule is CC(CCNCC1CCC2(CCCC2)O1)S(C)=O. The zero-order valence-corrected chi connectivity index (χ0v) is 12.6. The lowest BCUT2D eigenvalue weighted by Crippen LogP contribution is -2.32. The summed E-state index contributed by atoms with van der Waals surface area (Å²) in [6.07, 6.45) is 10.9. The first-order chi connectivity index (χ1) is 8.61. The molecule has 2 aliphatic rings. The number of ether oxygens (including phenoxy) is 1. The van der Waals surface area contributed by atoms with Crippen molar-refractivity contribution in [3.05, 3.63) is 0 Å². The summed E-state index contributed by atoms with van der Waals surface area (Å²) < 4.78 is 17.5. The summed E-state index contributed by atoms with van der Waals surface area (Å²) in [6.45, 7) is 3.97. The molecule has 0 radical (unpaired) electrons. The van der Waals surface area contributed by atoms with E-state index in [4.69, 9.17) is 4.74 Å². The fourth-order valence-electron chi connectivity index (χ4n) is 3.16. The van der Waals surface area contributed by atoms with Crippen molar-refractivity contribution in [1.82, 2.24) is 5.32 Å². The Morgan fingerprint density at radius 2 is 2.11 bits per heavy atom. The van der Waals surface area contributed by atoms with Gasteiger partial charge in [-0.05, 0) is 38.6 Å². The summed E-state index contributed by atoms with van der Waals surface area (Å²) in [5, 5.41) is 3.75. The van der Waals surface area contributed by atoms with Gasteiger partial charge in [-0.3, -0.25) is 4.21 Å². The summed E-state index contributed by atoms with van der Waals surface area (Å²) in [5.74, 6) is 0. The molecule has 1 saturated carbocycles. The molecule has 3 unspecified atom stereocenters. The van der Waals surface area contributed by atoms with Gasteiger partial charge in [0.1, 0.15) is 0 Å². The minimum Gasteiger partial charge on any atom is -0.370 e. The Morgan fingerprint density at radius 3 is 2.78 bits per heavy atom. The van der Waals surface area contributed by atoms with E-state index in [9.17, 15) is 4.21 Å². The van der Waals surface area contributed by atoms with Gasteiger partial charge in [0, 0.05) is 28.9 Å². The monoisotopic (exact) mass is 273 g/mol. The molecule has 0 aromatic rings. The van der Waals surface area contributed by atoms with Crippen molar-refractivity contribution in [2.45, 2.75) is 68.8 Å². The molecular formula is C14H27NO2S. The van der Waals surface area contributed by atoms with Crippen LogP contribution in [0.2, 0.25) is 0 Å². The minimum atomic E-state index is -0.694. The molecule has 2 rings (SSSR count). The van der Waals surface area contributed by atoms with Gasteiger partial charge in [0.15, 0.2) is 0 Å². The zero-order chi connectivity index (χ0) is 13.0. The molecule has 0 amide bonds. The second kappa shape index (κ2) is 6.49. The van der Waals surface area contributed by atoms with Crippen molar-refractivity contribution < 1.29 is 8.95 Å². The van der Waals surface area contributed by atoms with Gasteiger partial charge in [0.2, 0.25) is 0 Å². The maximum absolute atomic E-state index is 11.2. The first-order valence-electron chi connectivity index (χ1n) is 7.32. The molecular weight excluding hydrogens is 246 g/mol. The predicted octanol–water partition coefficient (Wildman–Crippen LogP) is 2.22. The Morgan fingerprint density at radius 1 is 1.39 bits per heavy atom. The standard InChI is InChI=1S/C14H27NO2S/c1-12(18(2)16)6-10-15-11-13-5-9-14(17-13)7-3-4-8-14/h12-13,15H,3-11H2,1-2H3. The predicted molar refractivity (Wildman–Crippen MR) is 76.3 cm³/mol. The molecule has 1 aliphatic carbocycles. The van der Waals surface area contributed by atoms with E-state index in [1.54, 1.807) is 6.26 Å². The smallest absolute Gasteiger partial charge is 0.0708 e. The van der Waals surface area contributed by atoms with Gasteiger partial charge in [-0.1, -0.05) is 19.8 Å². The topological polar surface area (TPSA) is 38.3 Å². The van der Waals surface area contributed by atoms with Gasteiger partial charge in [0.25, 0.3) is 0 Å². The van der Waals surface area contributed by atoms with Gasteiger partial charge < -0.3 is 10.1 Å². The van der Waals surface area contributed by atoms with Crippen molar-refractivity contribution >= 4 is 10.8 Å². The summed E-state index contributed by atoms with van der Waals surface area (Å²) in [5.41, 5.74) is 0.255. The van der Waals surface area contributed by atoms with E-state index < -0.39 is 10.8 Å². The van der Waals surface area contributed by atoms with Crippen LogP contribution in [0.25, 0.3) is 0 Å². The molecule has 1 aliphatic heterocycles. The van der Waals surface area contributed by atoms with Crippen LogP contribution < -0.4 is 5.32 Å². The van der Waals surface area contributed by atoms with Crippen molar-refractivity contribution in [2.24, 2.45) is 0 Å². The van der Waals surface area contributed by atoms with Crippen LogP contribution in [-0.2, 0) is 15.5 Å². The van der Waals surface area contributed by atoms with Crippen LogP contribution in [0.4, 0.5) is 0 Å². The van der Waals surface area contributed by atoms with E-state index in [1.807, 2.05) is 0 Å². The van der Waals surface area contributed by atoms with E-state index in [1.165, 1.54) is 38.5 Å². The zero-order valence-electron chi connectivity index (χ0n) is 11.7.